The highest BCUT2D eigenvalue weighted by Gasteiger charge is 2.37. The standard InChI is InChI=1S/C19H20F5N3O3/c1-2-12(30-18(28)25-14-6-5-11(20)8-13(14)21)10-27-15(16-4-3-7-29-16)9-17(26-27)19(22,23)24/h5-6,8-9,12,16H,2-4,7,10H2,1H3,(H,25,28)/t12-,16?/m1/s1. The van der Waals surface area contributed by atoms with Crippen LogP contribution in [0.1, 0.15) is 43.7 Å². The van der Waals surface area contributed by atoms with Crippen molar-refractivity contribution in [2.24, 2.45) is 0 Å². The van der Waals surface area contributed by atoms with Crippen molar-refractivity contribution in [2.45, 2.75) is 51.1 Å². The van der Waals surface area contributed by atoms with E-state index in [0.717, 1.165) is 29.3 Å². The van der Waals surface area contributed by atoms with E-state index in [2.05, 4.69) is 10.4 Å². The smallest absolute Gasteiger partial charge is 0.435 e. The minimum Gasteiger partial charge on any atom is -0.444 e. The Bertz CT molecular complexity index is 894. The molecular weight excluding hydrogens is 413 g/mol. The number of rotatable bonds is 6. The number of carbonyl (C=O) groups excluding carboxylic acids is 1. The average molecular weight is 433 g/mol. The molecule has 2 heterocycles. The summed E-state index contributed by atoms with van der Waals surface area (Å²) in [6.45, 7) is 1.98. The molecule has 1 fully saturated rings. The number of hydrogen-bond donors (Lipinski definition) is 1. The van der Waals surface area contributed by atoms with E-state index in [4.69, 9.17) is 9.47 Å². The third-order valence-corrected chi connectivity index (χ3v) is 4.63. The summed E-state index contributed by atoms with van der Waals surface area (Å²) in [6, 6.07) is 3.54. The van der Waals surface area contributed by atoms with E-state index >= 15 is 0 Å². The van der Waals surface area contributed by atoms with Crippen LogP contribution in [-0.4, -0.2) is 28.6 Å². The highest BCUT2D eigenvalue weighted by atomic mass is 19.4. The molecule has 3 rings (SSSR count). The van der Waals surface area contributed by atoms with Gasteiger partial charge in [-0.15, -0.1) is 0 Å². The third-order valence-electron chi connectivity index (χ3n) is 4.63. The summed E-state index contributed by atoms with van der Waals surface area (Å²) in [6.07, 6.45) is -5.46. The lowest BCUT2D eigenvalue weighted by molar-refractivity contribution is -0.141. The van der Waals surface area contributed by atoms with Gasteiger partial charge in [-0.3, -0.25) is 10.00 Å². The molecule has 1 unspecified atom stereocenters. The Hall–Kier alpha value is -2.69. The molecule has 1 aliphatic heterocycles. The number of aromatic nitrogens is 2. The molecule has 1 aromatic heterocycles. The lowest BCUT2D eigenvalue weighted by Crippen LogP contribution is -2.28. The van der Waals surface area contributed by atoms with Gasteiger partial charge in [0.05, 0.1) is 24.0 Å². The highest BCUT2D eigenvalue weighted by Crippen LogP contribution is 2.34. The van der Waals surface area contributed by atoms with Gasteiger partial charge in [-0.05, 0) is 37.5 Å². The minimum atomic E-state index is -4.63. The van der Waals surface area contributed by atoms with Crippen molar-refractivity contribution >= 4 is 11.8 Å². The molecular formula is C19H20F5N3O3. The van der Waals surface area contributed by atoms with Crippen LogP contribution in [0.4, 0.5) is 32.4 Å². The Kier molecular flexibility index (Phi) is 6.59. The molecule has 0 saturated carbocycles. The number of benzene rings is 1. The Morgan fingerprint density at radius 3 is 2.73 bits per heavy atom. The Morgan fingerprint density at radius 1 is 1.37 bits per heavy atom. The summed E-state index contributed by atoms with van der Waals surface area (Å²) >= 11 is 0. The molecule has 30 heavy (non-hydrogen) atoms. The first kappa shape index (κ1) is 22.0. The zero-order valence-electron chi connectivity index (χ0n) is 16.0. The summed E-state index contributed by atoms with van der Waals surface area (Å²) < 4.78 is 77.9. The van der Waals surface area contributed by atoms with Gasteiger partial charge in [0, 0.05) is 12.7 Å². The average Bonchev–Trinajstić information content (AvgIpc) is 3.32. The second-order valence-electron chi connectivity index (χ2n) is 6.82. The number of alkyl halides is 3. The predicted octanol–water partition coefficient (Wildman–Crippen LogP) is 5.06. The van der Waals surface area contributed by atoms with Crippen LogP contribution in [0.5, 0.6) is 0 Å². The van der Waals surface area contributed by atoms with Crippen LogP contribution in [0.15, 0.2) is 24.3 Å². The summed E-state index contributed by atoms with van der Waals surface area (Å²) in [5.74, 6) is -1.79. The first-order valence-corrected chi connectivity index (χ1v) is 9.36. The normalized spacial score (nSPS) is 17.7. The number of halogens is 5. The summed E-state index contributed by atoms with van der Waals surface area (Å²) in [5.41, 5.74) is -1.08. The number of nitrogens with zero attached hydrogens (tertiary/aromatic N) is 2. The molecule has 1 saturated heterocycles. The van der Waals surface area contributed by atoms with Crippen molar-refractivity contribution in [3.63, 3.8) is 0 Å². The van der Waals surface area contributed by atoms with Crippen molar-refractivity contribution < 1.29 is 36.2 Å². The fraction of sp³-hybridized carbons (Fsp3) is 0.474. The monoisotopic (exact) mass is 433 g/mol. The van der Waals surface area contributed by atoms with Crippen molar-refractivity contribution in [3.8, 4) is 0 Å². The van der Waals surface area contributed by atoms with E-state index in [1.165, 1.54) is 0 Å². The molecule has 164 valence electrons. The zero-order chi connectivity index (χ0) is 21.9. The molecule has 1 amide bonds. The van der Waals surface area contributed by atoms with Crippen LogP contribution in [0.25, 0.3) is 0 Å². The largest absolute Gasteiger partial charge is 0.444 e. The first-order chi connectivity index (χ1) is 14.2. The van der Waals surface area contributed by atoms with Gasteiger partial charge >= 0.3 is 12.3 Å². The summed E-state index contributed by atoms with van der Waals surface area (Å²) in [5, 5.41) is 5.78. The van der Waals surface area contributed by atoms with E-state index in [1.54, 1.807) is 6.92 Å². The van der Waals surface area contributed by atoms with Gasteiger partial charge in [-0.25, -0.2) is 13.6 Å². The fourth-order valence-electron chi connectivity index (χ4n) is 3.11. The molecule has 0 radical (unpaired) electrons. The Labute approximate surface area is 169 Å². The quantitative estimate of drug-likeness (QED) is 0.647. The molecule has 1 aliphatic rings. The molecule has 2 atom stereocenters. The van der Waals surface area contributed by atoms with Gasteiger partial charge in [0.25, 0.3) is 0 Å². The maximum Gasteiger partial charge on any atom is 0.435 e. The summed E-state index contributed by atoms with van der Waals surface area (Å²) in [7, 11) is 0. The molecule has 0 aliphatic carbocycles. The van der Waals surface area contributed by atoms with Crippen LogP contribution in [-0.2, 0) is 22.2 Å². The second-order valence-corrected chi connectivity index (χ2v) is 6.82. The van der Waals surface area contributed by atoms with Gasteiger partial charge in [0.1, 0.15) is 17.7 Å². The number of ether oxygens (including phenoxy) is 2. The Morgan fingerprint density at radius 2 is 2.13 bits per heavy atom. The number of nitrogens with one attached hydrogen (secondary N) is 1. The summed E-state index contributed by atoms with van der Waals surface area (Å²) in [4.78, 5) is 12.1. The van der Waals surface area contributed by atoms with Gasteiger partial charge in [-0.2, -0.15) is 18.3 Å². The van der Waals surface area contributed by atoms with Gasteiger partial charge in [-0.1, -0.05) is 6.92 Å². The van der Waals surface area contributed by atoms with Crippen LogP contribution in [0.2, 0.25) is 0 Å². The molecule has 0 bridgehead atoms. The van der Waals surface area contributed by atoms with E-state index in [1.807, 2.05) is 0 Å². The van der Waals surface area contributed by atoms with E-state index in [0.29, 0.717) is 19.1 Å². The third kappa shape index (κ3) is 5.26. The number of hydrogen-bond acceptors (Lipinski definition) is 4. The van der Waals surface area contributed by atoms with Crippen LogP contribution < -0.4 is 5.32 Å². The van der Waals surface area contributed by atoms with E-state index < -0.39 is 41.8 Å². The van der Waals surface area contributed by atoms with Crippen molar-refractivity contribution in [2.75, 3.05) is 11.9 Å². The predicted molar refractivity (Wildman–Crippen MR) is 95.7 cm³/mol. The van der Waals surface area contributed by atoms with Crippen molar-refractivity contribution in [3.05, 3.63) is 47.3 Å². The minimum absolute atomic E-state index is 0.138. The molecule has 1 N–H and O–H groups in total. The van der Waals surface area contributed by atoms with Crippen molar-refractivity contribution in [1.82, 2.24) is 9.78 Å². The lowest BCUT2D eigenvalue weighted by atomic mass is 10.1. The van der Waals surface area contributed by atoms with E-state index in [-0.39, 0.29) is 24.3 Å². The number of anilines is 1. The van der Waals surface area contributed by atoms with Crippen molar-refractivity contribution in [1.29, 1.82) is 0 Å². The number of amides is 1. The van der Waals surface area contributed by atoms with Crippen LogP contribution in [0.3, 0.4) is 0 Å². The second kappa shape index (κ2) is 8.99. The van der Waals surface area contributed by atoms with Crippen LogP contribution in [0, 0.1) is 11.6 Å². The molecule has 0 spiro atoms. The molecule has 1 aromatic carbocycles. The maximum atomic E-state index is 13.7. The topological polar surface area (TPSA) is 65.4 Å². The van der Waals surface area contributed by atoms with Gasteiger partial charge in [0.15, 0.2) is 5.69 Å². The number of carbonyl (C=O) groups is 1. The van der Waals surface area contributed by atoms with E-state index in [9.17, 15) is 26.7 Å². The van der Waals surface area contributed by atoms with Gasteiger partial charge < -0.3 is 9.47 Å². The van der Waals surface area contributed by atoms with Crippen LogP contribution >= 0.6 is 0 Å². The first-order valence-electron chi connectivity index (χ1n) is 9.36. The zero-order valence-corrected chi connectivity index (χ0v) is 16.0. The fourth-order valence-corrected chi connectivity index (χ4v) is 3.11. The SMILES string of the molecule is CC[C@H](Cn1nc(C(F)(F)F)cc1C1CCCO1)OC(=O)Nc1ccc(F)cc1F. The van der Waals surface area contributed by atoms with Gasteiger partial charge in [0.2, 0.25) is 0 Å². The molecule has 2 aromatic rings. The molecule has 11 heteroatoms. The lowest BCUT2D eigenvalue weighted by Gasteiger charge is -2.19. The maximum absolute atomic E-state index is 13.7. The molecule has 6 nitrogen and oxygen atoms in total. The Balaban J connectivity index is 1.72. The highest BCUT2D eigenvalue weighted by molar-refractivity contribution is 5.84.